The van der Waals surface area contributed by atoms with Crippen molar-refractivity contribution in [2.45, 2.75) is 6.04 Å². The van der Waals surface area contributed by atoms with E-state index in [0.717, 1.165) is 25.2 Å². The Balaban J connectivity index is 0.00000280. The topological polar surface area (TPSA) is 62.8 Å². The van der Waals surface area contributed by atoms with Crippen LogP contribution in [0, 0.1) is 0 Å². The molecule has 0 aromatic heterocycles. The fraction of sp³-hybridized carbons (Fsp3) is 0.350. The molecule has 1 saturated heterocycles. The van der Waals surface area contributed by atoms with Gasteiger partial charge in [0.15, 0.2) is 0 Å². The van der Waals surface area contributed by atoms with Crippen molar-refractivity contribution >= 4 is 35.6 Å². The van der Waals surface area contributed by atoms with Crippen molar-refractivity contribution < 1.29 is 14.3 Å². The highest BCUT2D eigenvalue weighted by molar-refractivity contribution is 6.30. The minimum Gasteiger partial charge on any atom is -0.497 e. The molecule has 0 spiro atoms. The normalized spacial score (nSPS) is 16.8. The summed E-state index contributed by atoms with van der Waals surface area (Å²) in [4.78, 5) is 14.9. The summed E-state index contributed by atoms with van der Waals surface area (Å²) in [7, 11) is 3.16. The maximum Gasteiger partial charge on any atom is 0.238 e. The van der Waals surface area contributed by atoms with Gasteiger partial charge in [-0.2, -0.15) is 0 Å². The first-order chi connectivity index (χ1) is 13.1. The molecule has 1 aliphatic heterocycles. The van der Waals surface area contributed by atoms with Gasteiger partial charge in [0.2, 0.25) is 5.91 Å². The van der Waals surface area contributed by atoms with Gasteiger partial charge in [-0.05, 0) is 29.8 Å². The molecule has 3 rings (SSSR count). The fourth-order valence-electron chi connectivity index (χ4n) is 3.26. The SMILES string of the molecule is COc1ccc(OC)c(NC(=O)CN2CCNCC2c2cccc(Cl)c2)c1.Cl. The lowest BCUT2D eigenvalue weighted by molar-refractivity contribution is -0.118. The van der Waals surface area contributed by atoms with Gasteiger partial charge in [-0.1, -0.05) is 23.7 Å². The van der Waals surface area contributed by atoms with E-state index in [9.17, 15) is 4.79 Å². The number of carbonyl (C=O) groups excluding carboxylic acids is 1. The van der Waals surface area contributed by atoms with E-state index in [2.05, 4.69) is 15.5 Å². The van der Waals surface area contributed by atoms with Crippen molar-refractivity contribution in [2.75, 3.05) is 45.7 Å². The number of hydrogen-bond donors (Lipinski definition) is 2. The summed E-state index contributed by atoms with van der Waals surface area (Å²) in [5, 5.41) is 7.02. The highest BCUT2D eigenvalue weighted by Crippen LogP contribution is 2.29. The number of ether oxygens (including phenoxy) is 2. The molecule has 28 heavy (non-hydrogen) atoms. The van der Waals surface area contributed by atoms with E-state index >= 15 is 0 Å². The van der Waals surface area contributed by atoms with Crippen LogP contribution in [0.5, 0.6) is 11.5 Å². The Morgan fingerprint density at radius 3 is 2.79 bits per heavy atom. The average molecular weight is 426 g/mol. The molecular weight excluding hydrogens is 401 g/mol. The number of halogens is 2. The molecule has 6 nitrogen and oxygen atoms in total. The van der Waals surface area contributed by atoms with E-state index < -0.39 is 0 Å². The molecule has 1 aliphatic rings. The van der Waals surface area contributed by atoms with Crippen LogP contribution < -0.4 is 20.1 Å². The van der Waals surface area contributed by atoms with E-state index in [4.69, 9.17) is 21.1 Å². The third-order valence-electron chi connectivity index (χ3n) is 4.62. The minimum atomic E-state index is -0.101. The number of nitrogens with zero attached hydrogens (tertiary/aromatic N) is 1. The van der Waals surface area contributed by atoms with Crippen molar-refractivity contribution in [3.05, 3.63) is 53.1 Å². The summed E-state index contributed by atoms with van der Waals surface area (Å²) in [5.74, 6) is 1.15. The van der Waals surface area contributed by atoms with E-state index in [0.29, 0.717) is 22.2 Å². The molecule has 1 unspecified atom stereocenters. The predicted molar refractivity (Wildman–Crippen MR) is 114 cm³/mol. The van der Waals surface area contributed by atoms with Gasteiger partial charge in [0.1, 0.15) is 11.5 Å². The van der Waals surface area contributed by atoms with Crippen molar-refractivity contribution in [2.24, 2.45) is 0 Å². The van der Waals surface area contributed by atoms with Crippen LogP contribution in [0.2, 0.25) is 5.02 Å². The van der Waals surface area contributed by atoms with Crippen LogP contribution in [0.4, 0.5) is 5.69 Å². The zero-order valence-corrected chi connectivity index (χ0v) is 17.5. The van der Waals surface area contributed by atoms with Gasteiger partial charge in [0, 0.05) is 36.8 Å². The van der Waals surface area contributed by atoms with Gasteiger partial charge in [0.05, 0.1) is 26.5 Å². The monoisotopic (exact) mass is 425 g/mol. The van der Waals surface area contributed by atoms with Gasteiger partial charge in [-0.25, -0.2) is 0 Å². The Labute approximate surface area is 176 Å². The molecule has 1 amide bonds. The molecule has 0 bridgehead atoms. The zero-order chi connectivity index (χ0) is 19.2. The number of methoxy groups -OCH3 is 2. The molecular formula is C20H25Cl2N3O3. The molecule has 1 heterocycles. The van der Waals surface area contributed by atoms with Crippen LogP contribution in [0.1, 0.15) is 11.6 Å². The maximum absolute atomic E-state index is 12.7. The molecule has 0 saturated carbocycles. The molecule has 1 fully saturated rings. The average Bonchev–Trinajstić information content (AvgIpc) is 2.68. The summed E-state index contributed by atoms with van der Waals surface area (Å²) in [6.45, 7) is 2.67. The Bertz CT molecular complexity index is 804. The van der Waals surface area contributed by atoms with Crippen LogP contribution in [0.15, 0.2) is 42.5 Å². The second-order valence-corrected chi connectivity index (χ2v) is 6.80. The summed E-state index contributed by atoms with van der Waals surface area (Å²) < 4.78 is 10.6. The molecule has 2 aromatic rings. The Kier molecular flexibility index (Phi) is 8.38. The first-order valence-corrected chi connectivity index (χ1v) is 9.20. The van der Waals surface area contributed by atoms with Gasteiger partial charge < -0.3 is 20.1 Å². The zero-order valence-electron chi connectivity index (χ0n) is 15.9. The smallest absolute Gasteiger partial charge is 0.238 e. The van der Waals surface area contributed by atoms with E-state index in [1.165, 1.54) is 0 Å². The third-order valence-corrected chi connectivity index (χ3v) is 4.85. The molecule has 0 radical (unpaired) electrons. The van der Waals surface area contributed by atoms with Crippen LogP contribution in [0.3, 0.4) is 0 Å². The number of amides is 1. The largest absolute Gasteiger partial charge is 0.497 e. The second kappa shape index (κ2) is 10.5. The van der Waals surface area contributed by atoms with Crippen LogP contribution in [-0.4, -0.2) is 51.2 Å². The number of benzene rings is 2. The highest BCUT2D eigenvalue weighted by Gasteiger charge is 2.26. The van der Waals surface area contributed by atoms with Crippen LogP contribution in [-0.2, 0) is 4.79 Å². The van der Waals surface area contributed by atoms with Crippen LogP contribution in [0.25, 0.3) is 0 Å². The predicted octanol–water partition coefficient (Wildman–Crippen LogP) is 3.36. The van der Waals surface area contributed by atoms with Gasteiger partial charge >= 0.3 is 0 Å². The van der Waals surface area contributed by atoms with Gasteiger partial charge in [-0.3, -0.25) is 9.69 Å². The highest BCUT2D eigenvalue weighted by atomic mass is 35.5. The lowest BCUT2D eigenvalue weighted by atomic mass is 10.0. The number of piperazine rings is 1. The third kappa shape index (κ3) is 5.52. The summed E-state index contributed by atoms with van der Waals surface area (Å²) >= 11 is 6.14. The molecule has 1 atom stereocenters. The van der Waals surface area contributed by atoms with E-state index in [1.807, 2.05) is 24.3 Å². The first kappa shape index (κ1) is 22.3. The van der Waals surface area contributed by atoms with Crippen molar-refractivity contribution in [3.63, 3.8) is 0 Å². The van der Waals surface area contributed by atoms with Crippen molar-refractivity contribution in [3.8, 4) is 11.5 Å². The van der Waals surface area contributed by atoms with Gasteiger partial charge in [0.25, 0.3) is 0 Å². The number of hydrogen-bond acceptors (Lipinski definition) is 5. The molecule has 8 heteroatoms. The Hall–Kier alpha value is -1.99. The second-order valence-electron chi connectivity index (χ2n) is 6.36. The number of nitrogens with one attached hydrogen (secondary N) is 2. The summed E-state index contributed by atoms with van der Waals surface area (Å²) in [5.41, 5.74) is 1.69. The minimum absolute atomic E-state index is 0. The maximum atomic E-state index is 12.7. The van der Waals surface area contributed by atoms with Gasteiger partial charge in [-0.15, -0.1) is 12.4 Å². The Morgan fingerprint density at radius 1 is 1.25 bits per heavy atom. The summed E-state index contributed by atoms with van der Waals surface area (Å²) in [6.07, 6.45) is 0. The lowest BCUT2D eigenvalue weighted by Gasteiger charge is -2.36. The van der Waals surface area contributed by atoms with Crippen molar-refractivity contribution in [1.29, 1.82) is 0 Å². The quantitative estimate of drug-likeness (QED) is 0.742. The first-order valence-electron chi connectivity index (χ1n) is 8.83. The molecule has 2 aromatic carbocycles. The fourth-order valence-corrected chi connectivity index (χ4v) is 3.46. The number of carbonyl (C=O) groups is 1. The standard InChI is InChI=1S/C20H24ClN3O3.ClH/c1-26-16-6-7-19(27-2)17(11-16)23-20(25)13-24-9-8-22-12-18(24)14-4-3-5-15(21)10-14;/h3-7,10-11,18,22H,8-9,12-13H2,1-2H3,(H,23,25);1H. The number of rotatable bonds is 6. The van der Waals surface area contributed by atoms with E-state index in [1.54, 1.807) is 32.4 Å². The molecule has 0 aliphatic carbocycles. The molecule has 2 N–H and O–H groups in total. The van der Waals surface area contributed by atoms with Crippen LogP contribution >= 0.6 is 24.0 Å². The van der Waals surface area contributed by atoms with Crippen molar-refractivity contribution in [1.82, 2.24) is 10.2 Å². The van der Waals surface area contributed by atoms with E-state index in [-0.39, 0.29) is 30.9 Å². The number of anilines is 1. The molecule has 152 valence electrons. The Morgan fingerprint density at radius 2 is 2.07 bits per heavy atom. The lowest BCUT2D eigenvalue weighted by Crippen LogP contribution is -2.48. The summed E-state index contributed by atoms with van der Waals surface area (Å²) in [6, 6.07) is 13.2.